The number of halogens is 1. The molecule has 0 atom stereocenters. The van der Waals surface area contributed by atoms with Crippen molar-refractivity contribution in [3.05, 3.63) is 29.0 Å². The van der Waals surface area contributed by atoms with Gasteiger partial charge < -0.3 is 10.8 Å². The van der Waals surface area contributed by atoms with Gasteiger partial charge in [0.15, 0.2) is 0 Å². The normalized spacial score (nSPS) is 9.29. The van der Waals surface area contributed by atoms with Crippen molar-refractivity contribution >= 4 is 29.7 Å². The smallest absolute Gasteiger partial charge is 0.300 e. The van der Waals surface area contributed by atoms with E-state index in [9.17, 15) is 0 Å². The van der Waals surface area contributed by atoms with E-state index in [-0.39, 0.29) is 5.96 Å². The maximum absolute atomic E-state index is 9.00. The van der Waals surface area contributed by atoms with Crippen molar-refractivity contribution < 1.29 is 9.90 Å². The van der Waals surface area contributed by atoms with Gasteiger partial charge in [-0.25, -0.2) is 5.43 Å². The van der Waals surface area contributed by atoms with Gasteiger partial charge in [-0.2, -0.15) is 5.10 Å². The minimum atomic E-state index is -0.833. The number of rotatable bonds is 2. The predicted octanol–water partition coefficient (Wildman–Crippen LogP) is 0.643. The molecule has 0 radical (unpaired) electrons. The second kappa shape index (κ2) is 8.05. The second-order valence-electron chi connectivity index (χ2n) is 2.70. The highest BCUT2D eigenvalue weighted by Gasteiger charge is 1.94. The van der Waals surface area contributed by atoms with Gasteiger partial charge >= 0.3 is 0 Å². The van der Waals surface area contributed by atoms with E-state index in [1.807, 2.05) is 0 Å². The topological polar surface area (TPSA) is 124 Å². The molecule has 0 aromatic carbocycles. The molecule has 8 heteroatoms. The Balaban J connectivity index is 0.000000557. The summed E-state index contributed by atoms with van der Waals surface area (Å²) < 4.78 is 0. The first-order chi connectivity index (χ1) is 7.93. The van der Waals surface area contributed by atoms with E-state index in [0.717, 1.165) is 6.92 Å². The number of carbonyl (C=O) groups is 1. The number of nitrogens with two attached hydrogens (primary N) is 1. The standard InChI is InChI=1S/C7H8ClN5.C2H4O2/c8-6-4-11-2-1-5(6)3-12-13-7(9)10;1-2(3)4/h1-4H,(H4,9,10,13);1H3,(H,3,4). The number of carboxylic acids is 1. The number of aliphatic carboxylic acids is 1. The van der Waals surface area contributed by atoms with Crippen LogP contribution in [0.5, 0.6) is 0 Å². The first-order valence-electron chi connectivity index (χ1n) is 4.35. The number of nitrogens with one attached hydrogen (secondary N) is 2. The molecule has 92 valence electrons. The lowest BCUT2D eigenvalue weighted by Crippen LogP contribution is -2.25. The van der Waals surface area contributed by atoms with Crippen LogP contribution in [0.4, 0.5) is 0 Å². The maximum Gasteiger partial charge on any atom is 0.300 e. The molecule has 5 N–H and O–H groups in total. The minimum absolute atomic E-state index is 0.221. The van der Waals surface area contributed by atoms with Crippen molar-refractivity contribution in [3.8, 4) is 0 Å². The molecule has 17 heavy (non-hydrogen) atoms. The van der Waals surface area contributed by atoms with Crippen molar-refractivity contribution in [2.24, 2.45) is 10.8 Å². The molecule has 0 aliphatic rings. The molecule has 1 aromatic rings. The monoisotopic (exact) mass is 257 g/mol. The molecule has 0 spiro atoms. The van der Waals surface area contributed by atoms with Crippen LogP contribution in [0.1, 0.15) is 12.5 Å². The Morgan fingerprint density at radius 1 is 1.76 bits per heavy atom. The Morgan fingerprint density at radius 2 is 2.35 bits per heavy atom. The van der Waals surface area contributed by atoms with Crippen molar-refractivity contribution in [2.75, 3.05) is 0 Å². The summed E-state index contributed by atoms with van der Waals surface area (Å²) in [5.41, 5.74) is 7.99. The van der Waals surface area contributed by atoms with Gasteiger partial charge in [0.05, 0.1) is 11.2 Å². The summed E-state index contributed by atoms with van der Waals surface area (Å²) in [5.74, 6) is -1.05. The van der Waals surface area contributed by atoms with Gasteiger partial charge in [-0.1, -0.05) is 11.6 Å². The number of guanidine groups is 1. The number of aromatic nitrogens is 1. The van der Waals surface area contributed by atoms with Gasteiger partial charge in [0.2, 0.25) is 5.96 Å². The van der Waals surface area contributed by atoms with E-state index >= 15 is 0 Å². The fourth-order valence-corrected chi connectivity index (χ4v) is 0.830. The predicted molar refractivity (Wildman–Crippen MR) is 65.2 cm³/mol. The number of hydrogen-bond acceptors (Lipinski definition) is 4. The third-order valence-corrected chi connectivity index (χ3v) is 1.51. The van der Waals surface area contributed by atoms with Gasteiger partial charge in [0, 0.05) is 24.9 Å². The number of hydrogen-bond donors (Lipinski definition) is 4. The Hall–Kier alpha value is -2.15. The molecule has 0 bridgehead atoms. The van der Waals surface area contributed by atoms with E-state index in [4.69, 9.17) is 32.6 Å². The number of pyridine rings is 1. The minimum Gasteiger partial charge on any atom is -0.481 e. The Bertz CT molecular complexity index is 418. The second-order valence-corrected chi connectivity index (χ2v) is 3.11. The van der Waals surface area contributed by atoms with Crippen LogP contribution in [-0.2, 0) is 4.79 Å². The van der Waals surface area contributed by atoms with Crippen LogP contribution in [-0.4, -0.2) is 28.2 Å². The lowest BCUT2D eigenvalue weighted by molar-refractivity contribution is -0.134. The van der Waals surface area contributed by atoms with Gasteiger partial charge in [0.25, 0.3) is 5.97 Å². The van der Waals surface area contributed by atoms with E-state index in [0.29, 0.717) is 10.6 Å². The SMILES string of the molecule is CC(=O)O.N=C(N)NN=Cc1ccncc1Cl. The molecule has 0 unspecified atom stereocenters. The van der Waals surface area contributed by atoms with Gasteiger partial charge in [0.1, 0.15) is 0 Å². The molecule has 0 saturated carbocycles. The average Bonchev–Trinajstić information content (AvgIpc) is 2.19. The summed E-state index contributed by atoms with van der Waals surface area (Å²) in [7, 11) is 0. The summed E-state index contributed by atoms with van der Waals surface area (Å²) >= 11 is 5.77. The zero-order chi connectivity index (χ0) is 13.3. The zero-order valence-electron chi connectivity index (χ0n) is 9.01. The van der Waals surface area contributed by atoms with E-state index in [2.05, 4.69) is 15.5 Å². The average molecular weight is 258 g/mol. The number of hydrazone groups is 1. The third kappa shape index (κ3) is 8.82. The van der Waals surface area contributed by atoms with Crippen molar-refractivity contribution in [2.45, 2.75) is 6.92 Å². The molecule has 0 saturated heterocycles. The molecule has 1 rings (SSSR count). The summed E-state index contributed by atoms with van der Waals surface area (Å²) in [6.07, 6.45) is 4.57. The third-order valence-electron chi connectivity index (χ3n) is 1.19. The molecule has 7 nitrogen and oxygen atoms in total. The first kappa shape index (κ1) is 14.8. The van der Waals surface area contributed by atoms with Crippen LogP contribution in [0.3, 0.4) is 0 Å². The quantitative estimate of drug-likeness (QED) is 0.352. The van der Waals surface area contributed by atoms with Crippen LogP contribution < -0.4 is 11.2 Å². The van der Waals surface area contributed by atoms with Crippen molar-refractivity contribution in [1.29, 1.82) is 5.41 Å². The molecule has 0 amide bonds. The van der Waals surface area contributed by atoms with Crippen molar-refractivity contribution in [1.82, 2.24) is 10.4 Å². The van der Waals surface area contributed by atoms with Crippen LogP contribution in [0.15, 0.2) is 23.6 Å². The molecular weight excluding hydrogens is 246 g/mol. The molecule has 1 heterocycles. The van der Waals surface area contributed by atoms with Crippen molar-refractivity contribution in [3.63, 3.8) is 0 Å². The molecular formula is C9H12ClN5O2. The van der Waals surface area contributed by atoms with Gasteiger partial charge in [-0.15, -0.1) is 0 Å². The summed E-state index contributed by atoms with van der Waals surface area (Å²) in [6.45, 7) is 1.08. The summed E-state index contributed by atoms with van der Waals surface area (Å²) in [5, 5.41) is 18.4. The highest BCUT2D eigenvalue weighted by atomic mass is 35.5. The van der Waals surface area contributed by atoms with Crippen LogP contribution in [0.2, 0.25) is 5.02 Å². The highest BCUT2D eigenvalue weighted by Crippen LogP contribution is 2.09. The van der Waals surface area contributed by atoms with Gasteiger partial charge in [-0.05, 0) is 6.07 Å². The zero-order valence-corrected chi connectivity index (χ0v) is 9.77. The van der Waals surface area contributed by atoms with E-state index in [1.165, 1.54) is 12.4 Å². The van der Waals surface area contributed by atoms with Crippen LogP contribution >= 0.6 is 11.6 Å². The number of nitrogens with zero attached hydrogens (tertiary/aromatic N) is 2. The fraction of sp³-hybridized carbons (Fsp3) is 0.111. The fourth-order valence-electron chi connectivity index (χ4n) is 0.662. The lowest BCUT2D eigenvalue weighted by Gasteiger charge is -1.96. The number of carboxylic acid groups (broad SMARTS) is 1. The Morgan fingerprint density at radius 3 is 2.82 bits per heavy atom. The van der Waals surface area contributed by atoms with Crippen LogP contribution in [0.25, 0.3) is 0 Å². The summed E-state index contributed by atoms with van der Waals surface area (Å²) in [4.78, 5) is 12.8. The Labute approximate surface area is 103 Å². The molecule has 0 aliphatic carbocycles. The molecule has 0 fully saturated rings. The Kier molecular flexibility index (Phi) is 7.04. The summed E-state index contributed by atoms with van der Waals surface area (Å²) in [6, 6.07) is 1.70. The van der Waals surface area contributed by atoms with E-state index in [1.54, 1.807) is 12.3 Å². The molecule has 0 aliphatic heterocycles. The van der Waals surface area contributed by atoms with E-state index < -0.39 is 5.97 Å². The van der Waals surface area contributed by atoms with Crippen LogP contribution in [0, 0.1) is 5.41 Å². The largest absolute Gasteiger partial charge is 0.481 e. The van der Waals surface area contributed by atoms with Gasteiger partial charge in [-0.3, -0.25) is 15.2 Å². The highest BCUT2D eigenvalue weighted by molar-refractivity contribution is 6.32. The lowest BCUT2D eigenvalue weighted by atomic mass is 10.3. The first-order valence-corrected chi connectivity index (χ1v) is 4.73. The molecule has 1 aromatic heterocycles. The maximum atomic E-state index is 9.00.